The molecule has 0 saturated carbocycles. The zero-order chi connectivity index (χ0) is 28.5. The molecule has 2 aliphatic carbocycles. The normalized spacial score (nSPS) is 21.8. The van der Waals surface area contributed by atoms with Crippen LogP contribution in [0.5, 0.6) is 0 Å². The Bertz CT molecular complexity index is 1540. The van der Waals surface area contributed by atoms with Crippen LogP contribution in [-0.4, -0.2) is 0 Å². The van der Waals surface area contributed by atoms with E-state index in [1.165, 1.54) is 0 Å². The SMILES string of the molecule is Nc1ccc(C2=CCC(OC3(c4ccc(N)cc4)C=CC(c4ccc(N)cc4)=CC3)(c3ccc(N)cc3)C=C2)cc1. The van der Waals surface area contributed by atoms with Gasteiger partial charge in [0.1, 0.15) is 11.2 Å². The monoisotopic (exact) mass is 538 g/mol. The summed E-state index contributed by atoms with van der Waals surface area (Å²) < 4.78 is 7.38. The minimum atomic E-state index is -0.733. The van der Waals surface area contributed by atoms with Gasteiger partial charge in [0.25, 0.3) is 0 Å². The predicted octanol–water partition coefficient (Wildman–Crippen LogP) is 7.21. The maximum absolute atomic E-state index is 7.38. The van der Waals surface area contributed by atoms with Crippen LogP contribution in [0.15, 0.2) is 134 Å². The molecular weight excluding hydrogens is 504 g/mol. The van der Waals surface area contributed by atoms with E-state index in [4.69, 9.17) is 27.7 Å². The number of anilines is 4. The van der Waals surface area contributed by atoms with E-state index in [9.17, 15) is 0 Å². The summed E-state index contributed by atoms with van der Waals surface area (Å²) in [5, 5.41) is 0. The molecule has 4 aromatic carbocycles. The molecule has 4 aromatic rings. The van der Waals surface area contributed by atoms with Gasteiger partial charge in [-0.25, -0.2) is 0 Å². The van der Waals surface area contributed by atoms with Crippen molar-refractivity contribution in [1.29, 1.82) is 0 Å². The quantitative estimate of drug-likeness (QED) is 0.194. The summed E-state index contributed by atoms with van der Waals surface area (Å²) in [5.74, 6) is 0. The molecule has 0 amide bonds. The molecule has 41 heavy (non-hydrogen) atoms. The Labute approximate surface area is 241 Å². The molecule has 0 heterocycles. The third-order valence-electron chi connectivity index (χ3n) is 7.97. The molecule has 0 saturated heterocycles. The van der Waals surface area contributed by atoms with E-state index in [1.807, 2.05) is 72.8 Å². The summed E-state index contributed by atoms with van der Waals surface area (Å²) in [6.07, 6.45) is 14.4. The second-order valence-corrected chi connectivity index (χ2v) is 10.8. The summed E-state index contributed by atoms with van der Waals surface area (Å²) in [4.78, 5) is 0. The van der Waals surface area contributed by atoms with E-state index < -0.39 is 11.2 Å². The minimum absolute atomic E-state index is 0.645. The number of allylic oxidation sites excluding steroid dienone is 4. The summed E-state index contributed by atoms with van der Waals surface area (Å²) >= 11 is 0. The van der Waals surface area contributed by atoms with Gasteiger partial charge in [-0.05, 0) is 94.1 Å². The lowest BCUT2D eigenvalue weighted by molar-refractivity contribution is -0.116. The number of hydrogen-bond acceptors (Lipinski definition) is 5. The molecule has 2 atom stereocenters. The van der Waals surface area contributed by atoms with Gasteiger partial charge in [0.05, 0.1) is 0 Å². The standard InChI is InChI=1S/C36H34N4O/c37-31-9-1-25(2-10-31)27-17-21-35(22-18-27,29-5-13-33(39)14-6-29)41-36(30-7-15-34(40)16-8-30)23-19-28(20-24-36)26-3-11-32(38)12-4-26/h1-21,23H,22,24,37-40H2. The highest BCUT2D eigenvalue weighted by Gasteiger charge is 2.42. The van der Waals surface area contributed by atoms with Crippen LogP contribution in [0, 0.1) is 0 Å². The van der Waals surface area contributed by atoms with E-state index >= 15 is 0 Å². The first kappa shape index (κ1) is 26.2. The molecule has 0 spiro atoms. The Morgan fingerprint density at radius 2 is 0.756 bits per heavy atom. The Hall–Kier alpha value is -5.00. The number of benzene rings is 4. The molecule has 6 rings (SSSR count). The van der Waals surface area contributed by atoms with Crippen LogP contribution in [0.2, 0.25) is 0 Å². The Balaban J connectivity index is 1.41. The molecule has 8 N–H and O–H groups in total. The predicted molar refractivity (Wildman–Crippen MR) is 171 cm³/mol. The minimum Gasteiger partial charge on any atom is -0.399 e. The number of hydrogen-bond donors (Lipinski definition) is 4. The Kier molecular flexibility index (Phi) is 6.73. The molecule has 2 unspecified atom stereocenters. The van der Waals surface area contributed by atoms with Gasteiger partial charge < -0.3 is 27.7 Å². The van der Waals surface area contributed by atoms with Crippen LogP contribution in [0.3, 0.4) is 0 Å². The average Bonchev–Trinajstić information content (AvgIpc) is 2.99. The lowest BCUT2D eigenvalue weighted by atomic mass is 9.79. The number of ether oxygens (including phenoxy) is 1. The van der Waals surface area contributed by atoms with Crippen molar-refractivity contribution >= 4 is 33.9 Å². The molecule has 0 radical (unpaired) electrons. The third kappa shape index (κ3) is 5.28. The number of nitrogens with two attached hydrogens (primary N) is 4. The van der Waals surface area contributed by atoms with Gasteiger partial charge in [-0.3, -0.25) is 0 Å². The van der Waals surface area contributed by atoms with Crippen LogP contribution in [0.1, 0.15) is 35.1 Å². The van der Waals surface area contributed by atoms with Crippen molar-refractivity contribution in [3.63, 3.8) is 0 Å². The zero-order valence-electron chi connectivity index (χ0n) is 22.8. The number of nitrogen functional groups attached to an aromatic ring is 4. The molecule has 0 fully saturated rings. The zero-order valence-corrected chi connectivity index (χ0v) is 22.8. The Morgan fingerprint density at radius 3 is 1.05 bits per heavy atom. The highest BCUT2D eigenvalue weighted by molar-refractivity contribution is 5.77. The fourth-order valence-electron chi connectivity index (χ4n) is 5.58. The summed E-state index contributed by atoms with van der Waals surface area (Å²) in [5.41, 5.74) is 32.0. The topological polar surface area (TPSA) is 113 Å². The van der Waals surface area contributed by atoms with Crippen LogP contribution in [-0.2, 0) is 15.9 Å². The van der Waals surface area contributed by atoms with Crippen molar-refractivity contribution in [1.82, 2.24) is 0 Å². The van der Waals surface area contributed by atoms with Gasteiger partial charge in [-0.15, -0.1) is 0 Å². The molecule has 0 bridgehead atoms. The fraction of sp³-hybridized carbons (Fsp3) is 0.111. The summed E-state index contributed by atoms with van der Waals surface area (Å²) in [6.45, 7) is 0. The van der Waals surface area contributed by atoms with E-state index in [-0.39, 0.29) is 0 Å². The number of rotatable bonds is 6. The Morgan fingerprint density at radius 1 is 0.439 bits per heavy atom. The van der Waals surface area contributed by atoms with Gasteiger partial charge in [0.15, 0.2) is 0 Å². The summed E-state index contributed by atoms with van der Waals surface area (Å²) in [6, 6.07) is 31.8. The van der Waals surface area contributed by atoms with E-state index in [2.05, 4.69) is 60.7 Å². The first-order chi connectivity index (χ1) is 19.8. The fourth-order valence-corrected chi connectivity index (χ4v) is 5.58. The van der Waals surface area contributed by atoms with Gasteiger partial charge in [-0.1, -0.05) is 72.8 Å². The third-order valence-corrected chi connectivity index (χ3v) is 7.97. The van der Waals surface area contributed by atoms with Crippen LogP contribution in [0.25, 0.3) is 11.1 Å². The summed E-state index contributed by atoms with van der Waals surface area (Å²) in [7, 11) is 0. The average molecular weight is 539 g/mol. The van der Waals surface area contributed by atoms with Crippen molar-refractivity contribution in [2.75, 3.05) is 22.9 Å². The molecule has 2 aliphatic rings. The smallest absolute Gasteiger partial charge is 0.117 e. The van der Waals surface area contributed by atoms with Gasteiger partial charge in [0.2, 0.25) is 0 Å². The van der Waals surface area contributed by atoms with E-state index in [0.29, 0.717) is 24.2 Å². The highest BCUT2D eigenvalue weighted by atomic mass is 16.5. The molecular formula is C36H34N4O. The van der Waals surface area contributed by atoms with Crippen molar-refractivity contribution in [2.24, 2.45) is 0 Å². The maximum Gasteiger partial charge on any atom is 0.117 e. The van der Waals surface area contributed by atoms with E-state index in [0.717, 1.165) is 44.8 Å². The lowest BCUT2D eigenvalue weighted by Gasteiger charge is -2.44. The molecule has 5 heteroatoms. The van der Waals surface area contributed by atoms with Crippen LogP contribution >= 0.6 is 0 Å². The second-order valence-electron chi connectivity index (χ2n) is 10.8. The van der Waals surface area contributed by atoms with Gasteiger partial charge >= 0.3 is 0 Å². The van der Waals surface area contributed by atoms with Crippen molar-refractivity contribution in [2.45, 2.75) is 24.0 Å². The van der Waals surface area contributed by atoms with Gasteiger partial charge in [-0.2, -0.15) is 0 Å². The largest absolute Gasteiger partial charge is 0.399 e. The van der Waals surface area contributed by atoms with Crippen LogP contribution in [0.4, 0.5) is 22.7 Å². The van der Waals surface area contributed by atoms with E-state index in [1.54, 1.807) is 0 Å². The second kappa shape index (κ2) is 10.5. The first-order valence-electron chi connectivity index (χ1n) is 13.8. The lowest BCUT2D eigenvalue weighted by Crippen LogP contribution is -2.40. The van der Waals surface area contributed by atoms with Crippen molar-refractivity contribution < 1.29 is 4.74 Å². The van der Waals surface area contributed by atoms with Crippen molar-refractivity contribution in [3.8, 4) is 0 Å². The van der Waals surface area contributed by atoms with Crippen LogP contribution < -0.4 is 22.9 Å². The molecule has 0 aliphatic heterocycles. The molecule has 0 aromatic heterocycles. The van der Waals surface area contributed by atoms with Crippen molar-refractivity contribution in [3.05, 3.63) is 156 Å². The molecule has 204 valence electrons. The highest BCUT2D eigenvalue weighted by Crippen LogP contribution is 2.47. The maximum atomic E-state index is 7.38. The molecule has 5 nitrogen and oxygen atoms in total. The first-order valence-corrected chi connectivity index (χ1v) is 13.8. The van der Waals surface area contributed by atoms with Gasteiger partial charge in [0, 0.05) is 35.6 Å².